The summed E-state index contributed by atoms with van der Waals surface area (Å²) in [5, 5.41) is 3.28. The summed E-state index contributed by atoms with van der Waals surface area (Å²) in [6.07, 6.45) is 5.26. The maximum Gasteiger partial charge on any atom is 0.208 e. The van der Waals surface area contributed by atoms with Crippen molar-refractivity contribution in [2.24, 2.45) is 0 Å². The molecule has 0 saturated heterocycles. The molecule has 92 valence electrons. The van der Waals surface area contributed by atoms with Crippen LogP contribution in [0.25, 0.3) is 0 Å². The summed E-state index contributed by atoms with van der Waals surface area (Å²) in [6.45, 7) is 3.26. The summed E-state index contributed by atoms with van der Waals surface area (Å²) in [7, 11) is -3.06. The highest BCUT2D eigenvalue weighted by molar-refractivity contribution is 7.88. The molecule has 1 aromatic heterocycles. The second kappa shape index (κ2) is 6.03. The lowest BCUT2D eigenvalue weighted by molar-refractivity contribution is 0.529. The SMILES string of the molecule is CC(NCCCNS(C)(=O)=O)c1ccoc1. The molecule has 0 aromatic carbocycles. The minimum absolute atomic E-state index is 0.219. The van der Waals surface area contributed by atoms with E-state index >= 15 is 0 Å². The fourth-order valence-corrected chi connectivity index (χ4v) is 1.82. The lowest BCUT2D eigenvalue weighted by Crippen LogP contribution is -2.27. The van der Waals surface area contributed by atoms with Crippen LogP contribution >= 0.6 is 0 Å². The Kier molecular flexibility index (Phi) is 4.98. The number of nitrogens with one attached hydrogen (secondary N) is 2. The van der Waals surface area contributed by atoms with Gasteiger partial charge in [-0.25, -0.2) is 13.1 Å². The van der Waals surface area contributed by atoms with E-state index in [0.717, 1.165) is 24.8 Å². The number of sulfonamides is 1. The van der Waals surface area contributed by atoms with Gasteiger partial charge in [0.05, 0.1) is 18.8 Å². The van der Waals surface area contributed by atoms with Crippen LogP contribution in [0.3, 0.4) is 0 Å². The van der Waals surface area contributed by atoms with Crippen LogP contribution in [0.4, 0.5) is 0 Å². The van der Waals surface area contributed by atoms with Crippen molar-refractivity contribution in [3.05, 3.63) is 24.2 Å². The first-order valence-corrected chi connectivity index (χ1v) is 7.08. The summed E-state index contributed by atoms with van der Waals surface area (Å²) >= 11 is 0. The Morgan fingerprint density at radius 2 is 2.19 bits per heavy atom. The molecule has 1 aromatic rings. The highest BCUT2D eigenvalue weighted by atomic mass is 32.2. The Balaban J connectivity index is 2.12. The van der Waals surface area contributed by atoms with Crippen LogP contribution in [0.2, 0.25) is 0 Å². The zero-order valence-corrected chi connectivity index (χ0v) is 10.4. The van der Waals surface area contributed by atoms with Crippen LogP contribution in [-0.2, 0) is 10.0 Å². The lowest BCUT2D eigenvalue weighted by Gasteiger charge is -2.11. The molecular weight excluding hydrogens is 228 g/mol. The van der Waals surface area contributed by atoms with Crippen molar-refractivity contribution in [1.29, 1.82) is 0 Å². The third-order valence-corrected chi connectivity index (χ3v) is 2.94. The third kappa shape index (κ3) is 5.29. The Bertz CT molecular complexity index is 386. The average Bonchev–Trinajstić information content (AvgIpc) is 2.67. The van der Waals surface area contributed by atoms with Gasteiger partial charge in [-0.05, 0) is 26.0 Å². The minimum atomic E-state index is -3.06. The molecular formula is C10H18N2O3S. The molecule has 0 aliphatic carbocycles. The van der Waals surface area contributed by atoms with Crippen LogP contribution in [0, 0.1) is 0 Å². The van der Waals surface area contributed by atoms with E-state index in [1.165, 1.54) is 0 Å². The van der Waals surface area contributed by atoms with Gasteiger partial charge in [0, 0.05) is 18.2 Å². The van der Waals surface area contributed by atoms with Gasteiger partial charge in [-0.15, -0.1) is 0 Å². The number of furan rings is 1. The summed E-state index contributed by atoms with van der Waals surface area (Å²) in [5.41, 5.74) is 1.09. The second-order valence-corrected chi connectivity index (χ2v) is 5.59. The van der Waals surface area contributed by atoms with Crippen molar-refractivity contribution < 1.29 is 12.8 Å². The third-order valence-electron chi connectivity index (χ3n) is 2.21. The molecule has 1 unspecified atom stereocenters. The van der Waals surface area contributed by atoms with E-state index in [-0.39, 0.29) is 6.04 Å². The normalized spacial score (nSPS) is 13.9. The van der Waals surface area contributed by atoms with Gasteiger partial charge in [0.25, 0.3) is 0 Å². The van der Waals surface area contributed by atoms with Gasteiger partial charge >= 0.3 is 0 Å². The molecule has 0 radical (unpaired) electrons. The Morgan fingerprint density at radius 1 is 1.44 bits per heavy atom. The first kappa shape index (κ1) is 13.2. The predicted molar refractivity (Wildman–Crippen MR) is 62.6 cm³/mol. The monoisotopic (exact) mass is 246 g/mol. The van der Waals surface area contributed by atoms with E-state index in [1.54, 1.807) is 12.5 Å². The molecule has 1 atom stereocenters. The van der Waals surface area contributed by atoms with Gasteiger partial charge in [0.1, 0.15) is 0 Å². The second-order valence-electron chi connectivity index (χ2n) is 3.75. The van der Waals surface area contributed by atoms with E-state index in [4.69, 9.17) is 4.42 Å². The van der Waals surface area contributed by atoms with E-state index in [9.17, 15) is 8.42 Å². The molecule has 0 bridgehead atoms. The zero-order valence-electron chi connectivity index (χ0n) is 9.56. The van der Waals surface area contributed by atoms with Gasteiger partial charge in [0.2, 0.25) is 10.0 Å². The van der Waals surface area contributed by atoms with Gasteiger partial charge < -0.3 is 9.73 Å². The first-order valence-electron chi connectivity index (χ1n) is 5.19. The number of hydrogen-bond acceptors (Lipinski definition) is 4. The molecule has 1 heterocycles. The zero-order chi connectivity index (χ0) is 12.0. The fourth-order valence-electron chi connectivity index (χ4n) is 1.30. The summed E-state index contributed by atoms with van der Waals surface area (Å²) in [5.74, 6) is 0. The molecule has 0 spiro atoms. The molecule has 6 heteroatoms. The average molecular weight is 246 g/mol. The van der Waals surface area contributed by atoms with Crippen LogP contribution in [-0.4, -0.2) is 27.8 Å². The van der Waals surface area contributed by atoms with Gasteiger partial charge in [-0.1, -0.05) is 0 Å². The van der Waals surface area contributed by atoms with Gasteiger partial charge in [-0.3, -0.25) is 0 Å². The Labute approximate surface area is 96.3 Å². The van der Waals surface area contributed by atoms with Crippen LogP contribution < -0.4 is 10.0 Å². The molecule has 0 fully saturated rings. The van der Waals surface area contributed by atoms with Crippen LogP contribution in [0.15, 0.2) is 23.0 Å². The quantitative estimate of drug-likeness (QED) is 0.700. The summed E-state index contributed by atoms with van der Waals surface area (Å²) in [4.78, 5) is 0. The smallest absolute Gasteiger partial charge is 0.208 e. The van der Waals surface area contributed by atoms with Crippen molar-refractivity contribution in [2.75, 3.05) is 19.3 Å². The Hall–Kier alpha value is -0.850. The molecule has 0 aliphatic rings. The highest BCUT2D eigenvalue weighted by Crippen LogP contribution is 2.11. The maximum absolute atomic E-state index is 10.8. The Morgan fingerprint density at radius 3 is 2.75 bits per heavy atom. The molecule has 1 rings (SSSR count). The van der Waals surface area contributed by atoms with E-state index < -0.39 is 10.0 Å². The van der Waals surface area contributed by atoms with Crippen molar-refractivity contribution in [3.63, 3.8) is 0 Å². The fraction of sp³-hybridized carbons (Fsp3) is 0.600. The molecule has 0 aliphatic heterocycles. The lowest BCUT2D eigenvalue weighted by atomic mass is 10.2. The van der Waals surface area contributed by atoms with Crippen molar-refractivity contribution >= 4 is 10.0 Å². The molecule has 2 N–H and O–H groups in total. The van der Waals surface area contributed by atoms with Crippen molar-refractivity contribution in [1.82, 2.24) is 10.0 Å². The predicted octanol–water partition coefficient (Wildman–Crippen LogP) is 0.869. The highest BCUT2D eigenvalue weighted by Gasteiger charge is 2.05. The van der Waals surface area contributed by atoms with Crippen LogP contribution in [0.5, 0.6) is 0 Å². The number of rotatable bonds is 7. The minimum Gasteiger partial charge on any atom is -0.472 e. The molecule has 0 amide bonds. The van der Waals surface area contributed by atoms with Gasteiger partial charge in [0.15, 0.2) is 0 Å². The summed E-state index contributed by atoms with van der Waals surface area (Å²) < 4.78 is 29.0. The van der Waals surface area contributed by atoms with E-state index in [1.807, 2.05) is 13.0 Å². The molecule has 5 nitrogen and oxygen atoms in total. The topological polar surface area (TPSA) is 71.3 Å². The van der Waals surface area contributed by atoms with E-state index in [0.29, 0.717) is 6.54 Å². The van der Waals surface area contributed by atoms with Gasteiger partial charge in [-0.2, -0.15) is 0 Å². The molecule has 16 heavy (non-hydrogen) atoms. The number of hydrogen-bond donors (Lipinski definition) is 2. The summed E-state index contributed by atoms with van der Waals surface area (Å²) in [6, 6.07) is 2.13. The van der Waals surface area contributed by atoms with Crippen molar-refractivity contribution in [2.45, 2.75) is 19.4 Å². The van der Waals surface area contributed by atoms with E-state index in [2.05, 4.69) is 10.0 Å². The first-order chi connectivity index (χ1) is 7.49. The largest absolute Gasteiger partial charge is 0.472 e. The maximum atomic E-state index is 10.8. The molecule has 0 saturated carbocycles. The standard InChI is InChI=1S/C10H18N2O3S/c1-9(10-4-7-15-8-10)11-5-3-6-12-16(2,13)14/h4,7-9,11-12H,3,5-6H2,1-2H3. The van der Waals surface area contributed by atoms with Crippen LogP contribution in [0.1, 0.15) is 24.9 Å². The van der Waals surface area contributed by atoms with Crippen molar-refractivity contribution in [3.8, 4) is 0 Å².